The van der Waals surface area contributed by atoms with Gasteiger partial charge in [0.05, 0.1) is 5.69 Å². The van der Waals surface area contributed by atoms with Gasteiger partial charge < -0.3 is 9.88 Å². The molecule has 1 N–H and O–H groups in total. The lowest BCUT2D eigenvalue weighted by molar-refractivity contribution is 0.478. The third-order valence-corrected chi connectivity index (χ3v) is 4.30. The monoisotopic (exact) mass is 219 g/mol. The van der Waals surface area contributed by atoms with Crippen LogP contribution < -0.4 is 5.32 Å². The van der Waals surface area contributed by atoms with Crippen LogP contribution in [0.2, 0.25) is 0 Å². The van der Waals surface area contributed by atoms with Crippen LogP contribution in [0.4, 0.5) is 0 Å². The molecule has 1 atom stereocenters. The van der Waals surface area contributed by atoms with Crippen molar-refractivity contribution in [2.75, 3.05) is 6.54 Å². The molecule has 88 valence electrons. The van der Waals surface area contributed by atoms with Gasteiger partial charge in [0, 0.05) is 31.7 Å². The van der Waals surface area contributed by atoms with Crippen molar-refractivity contribution < 1.29 is 0 Å². The van der Waals surface area contributed by atoms with Gasteiger partial charge in [0.1, 0.15) is 5.82 Å². The molecule has 0 amide bonds. The van der Waals surface area contributed by atoms with Crippen LogP contribution in [0.3, 0.4) is 0 Å². The van der Waals surface area contributed by atoms with Gasteiger partial charge in [0.2, 0.25) is 0 Å². The molecule has 1 fully saturated rings. The summed E-state index contributed by atoms with van der Waals surface area (Å²) in [5.41, 5.74) is 3.33. The van der Waals surface area contributed by atoms with Crippen molar-refractivity contribution in [2.45, 2.75) is 46.7 Å². The van der Waals surface area contributed by atoms with Crippen molar-refractivity contribution >= 4 is 0 Å². The Balaban J connectivity index is 1.86. The number of imidazole rings is 1. The maximum atomic E-state index is 4.68. The van der Waals surface area contributed by atoms with Crippen LogP contribution in [0, 0.1) is 18.3 Å². The summed E-state index contributed by atoms with van der Waals surface area (Å²) in [6.07, 6.45) is 2.51. The second-order valence-corrected chi connectivity index (χ2v) is 5.98. The molecule has 0 bridgehead atoms. The molecule has 1 unspecified atom stereocenters. The maximum Gasteiger partial charge on any atom is 0.106 e. The van der Waals surface area contributed by atoms with Crippen LogP contribution in [0.1, 0.15) is 37.5 Å². The lowest BCUT2D eigenvalue weighted by atomic mass is 10.1. The Labute approximate surface area is 97.3 Å². The molecule has 1 aliphatic carbocycles. The van der Waals surface area contributed by atoms with Crippen molar-refractivity contribution in [3.8, 4) is 0 Å². The fourth-order valence-corrected chi connectivity index (χ4v) is 2.86. The molecular formula is C13H21N3. The van der Waals surface area contributed by atoms with Gasteiger partial charge in [-0.15, -0.1) is 0 Å². The number of aryl methyl sites for hydroxylation is 1. The Morgan fingerprint density at radius 1 is 1.50 bits per heavy atom. The van der Waals surface area contributed by atoms with E-state index in [2.05, 4.69) is 35.6 Å². The Kier molecular flexibility index (Phi) is 2.15. The highest BCUT2D eigenvalue weighted by Crippen LogP contribution is 2.52. The van der Waals surface area contributed by atoms with Gasteiger partial charge >= 0.3 is 0 Å². The second-order valence-electron chi connectivity index (χ2n) is 5.98. The lowest BCUT2D eigenvalue weighted by Gasteiger charge is -2.16. The van der Waals surface area contributed by atoms with Crippen molar-refractivity contribution in [1.29, 1.82) is 0 Å². The van der Waals surface area contributed by atoms with Crippen LogP contribution in [0.15, 0.2) is 0 Å². The quantitative estimate of drug-likeness (QED) is 0.823. The molecule has 2 heterocycles. The topological polar surface area (TPSA) is 29.9 Å². The summed E-state index contributed by atoms with van der Waals surface area (Å²) in [4.78, 5) is 4.68. The molecule has 1 saturated carbocycles. The molecule has 0 spiro atoms. The maximum absolute atomic E-state index is 4.68. The molecule has 2 aliphatic rings. The van der Waals surface area contributed by atoms with E-state index >= 15 is 0 Å². The summed E-state index contributed by atoms with van der Waals surface area (Å²) in [5.74, 6) is 2.07. The molecule has 3 heteroatoms. The van der Waals surface area contributed by atoms with E-state index in [1.54, 1.807) is 0 Å². The minimum Gasteiger partial charge on any atom is -0.332 e. The zero-order valence-electron chi connectivity index (χ0n) is 10.5. The minimum absolute atomic E-state index is 0.566. The van der Waals surface area contributed by atoms with E-state index in [1.807, 2.05) is 0 Å². The average Bonchev–Trinajstić information content (AvgIpc) is 2.69. The van der Waals surface area contributed by atoms with Crippen molar-refractivity contribution in [1.82, 2.24) is 14.9 Å². The molecule has 0 aromatic carbocycles. The van der Waals surface area contributed by atoms with E-state index in [4.69, 9.17) is 0 Å². The molecule has 3 rings (SSSR count). The van der Waals surface area contributed by atoms with Gasteiger partial charge in [-0.3, -0.25) is 0 Å². The number of hydrogen-bond donors (Lipinski definition) is 1. The zero-order valence-corrected chi connectivity index (χ0v) is 10.5. The number of nitrogens with one attached hydrogen (secondary N) is 1. The Hall–Kier alpha value is -0.830. The van der Waals surface area contributed by atoms with Crippen LogP contribution >= 0.6 is 0 Å². The largest absolute Gasteiger partial charge is 0.332 e. The zero-order chi connectivity index (χ0) is 11.3. The average molecular weight is 219 g/mol. The molecule has 3 nitrogen and oxygen atoms in total. The van der Waals surface area contributed by atoms with Crippen LogP contribution in [-0.4, -0.2) is 16.1 Å². The summed E-state index contributed by atoms with van der Waals surface area (Å²) >= 11 is 0. The smallest absolute Gasteiger partial charge is 0.106 e. The summed E-state index contributed by atoms with van der Waals surface area (Å²) in [7, 11) is 0. The predicted octanol–water partition coefficient (Wildman–Crippen LogP) is 1.88. The van der Waals surface area contributed by atoms with E-state index in [1.165, 1.54) is 30.2 Å². The van der Waals surface area contributed by atoms with Gasteiger partial charge in [-0.25, -0.2) is 4.98 Å². The second kappa shape index (κ2) is 3.33. The molecule has 0 saturated heterocycles. The molecule has 1 aliphatic heterocycles. The number of nitrogens with zero attached hydrogens (tertiary/aromatic N) is 2. The Morgan fingerprint density at radius 2 is 2.25 bits per heavy atom. The standard InChI is InChI=1S/C13H21N3/c1-9-15-11-7-14-5-4-12(11)16(9)8-10-6-13(10,2)3/h10,14H,4-8H2,1-3H3. The fraction of sp³-hybridized carbons (Fsp3) is 0.769. The predicted molar refractivity (Wildman–Crippen MR) is 64.3 cm³/mol. The van der Waals surface area contributed by atoms with E-state index in [0.29, 0.717) is 5.41 Å². The fourth-order valence-electron chi connectivity index (χ4n) is 2.86. The SMILES string of the molecule is Cc1nc2c(n1CC1CC1(C)C)CCNC2. The van der Waals surface area contributed by atoms with Gasteiger partial charge in [-0.2, -0.15) is 0 Å². The summed E-state index contributed by atoms with van der Waals surface area (Å²) in [6.45, 7) is 10.1. The van der Waals surface area contributed by atoms with Crippen molar-refractivity contribution in [3.05, 3.63) is 17.2 Å². The van der Waals surface area contributed by atoms with Crippen molar-refractivity contribution in [2.24, 2.45) is 11.3 Å². The third kappa shape index (κ3) is 1.58. The molecular weight excluding hydrogens is 198 g/mol. The van der Waals surface area contributed by atoms with Crippen LogP contribution in [0.5, 0.6) is 0 Å². The van der Waals surface area contributed by atoms with E-state index in [9.17, 15) is 0 Å². The molecule has 1 aromatic heterocycles. The van der Waals surface area contributed by atoms with E-state index in [0.717, 1.165) is 25.4 Å². The lowest BCUT2D eigenvalue weighted by Crippen LogP contribution is -2.25. The van der Waals surface area contributed by atoms with E-state index < -0.39 is 0 Å². The first kappa shape index (κ1) is 10.3. The van der Waals surface area contributed by atoms with Gasteiger partial charge in [0.15, 0.2) is 0 Å². The van der Waals surface area contributed by atoms with Gasteiger partial charge in [-0.05, 0) is 24.7 Å². The first-order valence-electron chi connectivity index (χ1n) is 6.33. The van der Waals surface area contributed by atoms with E-state index in [-0.39, 0.29) is 0 Å². The van der Waals surface area contributed by atoms with Gasteiger partial charge in [0.25, 0.3) is 0 Å². The summed E-state index contributed by atoms with van der Waals surface area (Å²) < 4.78 is 2.47. The number of rotatable bonds is 2. The first-order valence-corrected chi connectivity index (χ1v) is 6.33. The summed E-state index contributed by atoms with van der Waals surface area (Å²) in [5, 5.41) is 3.39. The third-order valence-electron chi connectivity index (χ3n) is 4.30. The molecule has 1 aromatic rings. The Bertz CT molecular complexity index is 417. The number of hydrogen-bond acceptors (Lipinski definition) is 2. The van der Waals surface area contributed by atoms with Crippen molar-refractivity contribution in [3.63, 3.8) is 0 Å². The Morgan fingerprint density at radius 3 is 2.94 bits per heavy atom. The number of fused-ring (bicyclic) bond motifs is 1. The molecule has 16 heavy (non-hydrogen) atoms. The minimum atomic E-state index is 0.566. The highest BCUT2D eigenvalue weighted by molar-refractivity contribution is 5.20. The highest BCUT2D eigenvalue weighted by Gasteiger charge is 2.45. The normalized spacial score (nSPS) is 26.6. The number of aromatic nitrogens is 2. The van der Waals surface area contributed by atoms with Crippen LogP contribution in [-0.2, 0) is 19.5 Å². The highest BCUT2D eigenvalue weighted by atomic mass is 15.1. The van der Waals surface area contributed by atoms with Gasteiger partial charge in [-0.1, -0.05) is 13.8 Å². The van der Waals surface area contributed by atoms with Crippen LogP contribution in [0.25, 0.3) is 0 Å². The molecule has 0 radical (unpaired) electrons. The summed E-state index contributed by atoms with van der Waals surface area (Å²) in [6, 6.07) is 0. The first-order chi connectivity index (χ1) is 7.58.